The van der Waals surface area contributed by atoms with E-state index in [9.17, 15) is 9.59 Å². The number of anilines is 1. The number of benzene rings is 1. The van der Waals surface area contributed by atoms with E-state index in [0.717, 1.165) is 12.1 Å². The van der Waals surface area contributed by atoms with E-state index in [-0.39, 0.29) is 5.69 Å². The third kappa shape index (κ3) is 7.08. The van der Waals surface area contributed by atoms with Crippen molar-refractivity contribution in [3.63, 3.8) is 0 Å². The van der Waals surface area contributed by atoms with Crippen LogP contribution < -0.4 is 20.9 Å². The van der Waals surface area contributed by atoms with Gasteiger partial charge in [-0.1, -0.05) is 19.3 Å². The fraction of sp³-hybridized carbons (Fsp3) is 0.440. The lowest BCUT2D eigenvalue weighted by atomic mass is 9.89. The second-order valence-corrected chi connectivity index (χ2v) is 9.59. The molecule has 1 saturated carbocycles. The molecule has 0 unspecified atom stereocenters. The van der Waals surface area contributed by atoms with Crippen LogP contribution in [-0.2, 0) is 4.74 Å². The summed E-state index contributed by atoms with van der Waals surface area (Å²) in [5, 5.41) is 3.31. The number of amides is 2. The summed E-state index contributed by atoms with van der Waals surface area (Å²) in [6, 6.07) is 8.94. The van der Waals surface area contributed by atoms with Crippen molar-refractivity contribution in [2.45, 2.75) is 58.5 Å². The Hall–Kier alpha value is -3.82. The van der Waals surface area contributed by atoms with Crippen molar-refractivity contribution < 1.29 is 23.5 Å². The zero-order valence-corrected chi connectivity index (χ0v) is 20.2. The van der Waals surface area contributed by atoms with Gasteiger partial charge in [-0.2, -0.15) is 4.98 Å². The van der Waals surface area contributed by atoms with Crippen LogP contribution in [0.4, 0.5) is 10.8 Å². The normalized spacial score (nSPS) is 14.4. The van der Waals surface area contributed by atoms with E-state index in [1.807, 2.05) is 6.07 Å². The minimum absolute atomic E-state index is 0.0634. The van der Waals surface area contributed by atoms with Gasteiger partial charge in [0.2, 0.25) is 0 Å². The maximum atomic E-state index is 12.3. The Morgan fingerprint density at radius 1 is 1.06 bits per heavy atom. The van der Waals surface area contributed by atoms with Crippen LogP contribution in [0.15, 0.2) is 40.9 Å². The van der Waals surface area contributed by atoms with Crippen LogP contribution in [0, 0.1) is 5.92 Å². The van der Waals surface area contributed by atoms with Crippen molar-refractivity contribution in [2.24, 2.45) is 5.92 Å². The number of hydrogen-bond acceptors (Lipinski definition) is 8. The Labute approximate surface area is 203 Å². The molecule has 0 bridgehead atoms. The third-order valence-electron chi connectivity index (χ3n) is 5.50. The minimum atomic E-state index is -0.772. The predicted octanol–water partition coefficient (Wildman–Crippen LogP) is 5.18. The first-order chi connectivity index (χ1) is 16.7. The van der Waals surface area contributed by atoms with Crippen molar-refractivity contribution >= 4 is 29.1 Å². The van der Waals surface area contributed by atoms with E-state index in [1.165, 1.54) is 44.4 Å². The summed E-state index contributed by atoms with van der Waals surface area (Å²) in [6.45, 7) is 6.03. The Balaban J connectivity index is 1.35. The fourth-order valence-corrected chi connectivity index (χ4v) is 3.88. The Morgan fingerprint density at radius 3 is 2.60 bits per heavy atom. The number of carbonyl (C=O) groups excluding carboxylic acids is 2. The van der Waals surface area contributed by atoms with Crippen molar-refractivity contribution in [1.82, 2.24) is 20.8 Å². The number of oxazole rings is 1. The van der Waals surface area contributed by atoms with Crippen molar-refractivity contribution in [2.75, 3.05) is 11.9 Å². The topological polar surface area (TPSA) is 128 Å². The standard InChI is InChI=1S/C25H31N5O5/c1-25(2,3)35-24(32)30-29-22(31)20-13-18(11-12-26-20)33-17-9-10-19-21(14-17)34-23(28-19)27-15-16-7-5-4-6-8-16/h9-14,16H,4-8,15H2,1-3H3,(H,27,28)(H,29,31)(H,30,32). The molecule has 0 radical (unpaired) electrons. The third-order valence-corrected chi connectivity index (χ3v) is 5.50. The smallest absolute Gasteiger partial charge is 0.426 e. The SMILES string of the molecule is CC(C)(C)OC(=O)NNC(=O)c1cc(Oc2ccc3nc(NCC4CCCCC4)oc3c2)ccn1. The van der Waals surface area contributed by atoms with Crippen molar-refractivity contribution in [3.05, 3.63) is 42.2 Å². The molecule has 2 heterocycles. The van der Waals surface area contributed by atoms with Gasteiger partial charge in [0.25, 0.3) is 11.9 Å². The summed E-state index contributed by atoms with van der Waals surface area (Å²) in [6.07, 6.45) is 7.07. The molecule has 4 rings (SSSR count). The molecule has 1 aliphatic carbocycles. The molecule has 3 aromatic rings. The lowest BCUT2D eigenvalue weighted by Gasteiger charge is -2.21. The first-order valence-electron chi connectivity index (χ1n) is 11.8. The van der Waals surface area contributed by atoms with Gasteiger partial charge in [-0.25, -0.2) is 10.2 Å². The lowest BCUT2D eigenvalue weighted by Crippen LogP contribution is -2.44. The van der Waals surface area contributed by atoms with E-state index >= 15 is 0 Å². The maximum Gasteiger partial charge on any atom is 0.426 e. The highest BCUT2D eigenvalue weighted by atomic mass is 16.6. The Morgan fingerprint density at radius 2 is 1.83 bits per heavy atom. The first-order valence-corrected chi connectivity index (χ1v) is 11.8. The number of hydrogen-bond donors (Lipinski definition) is 3. The molecular weight excluding hydrogens is 450 g/mol. The highest BCUT2D eigenvalue weighted by Gasteiger charge is 2.18. The second-order valence-electron chi connectivity index (χ2n) is 9.59. The summed E-state index contributed by atoms with van der Waals surface area (Å²) >= 11 is 0. The average molecular weight is 482 g/mol. The molecule has 1 aliphatic rings. The van der Waals surface area contributed by atoms with Crippen molar-refractivity contribution in [1.29, 1.82) is 0 Å². The van der Waals surface area contributed by atoms with Crippen LogP contribution in [0.3, 0.4) is 0 Å². The number of carbonyl (C=O) groups is 2. The number of ether oxygens (including phenoxy) is 2. The lowest BCUT2D eigenvalue weighted by molar-refractivity contribution is 0.0483. The Bertz CT molecular complexity index is 1180. The van der Waals surface area contributed by atoms with Gasteiger partial charge in [0, 0.05) is 24.9 Å². The van der Waals surface area contributed by atoms with Gasteiger partial charge < -0.3 is 19.2 Å². The van der Waals surface area contributed by atoms with Crippen LogP contribution >= 0.6 is 0 Å². The zero-order chi connectivity index (χ0) is 24.8. The van der Waals surface area contributed by atoms with Crippen LogP contribution in [0.5, 0.6) is 11.5 Å². The molecule has 35 heavy (non-hydrogen) atoms. The van der Waals surface area contributed by atoms with Crippen molar-refractivity contribution in [3.8, 4) is 11.5 Å². The van der Waals surface area contributed by atoms with E-state index in [1.54, 1.807) is 39.0 Å². The van der Waals surface area contributed by atoms with E-state index in [0.29, 0.717) is 29.0 Å². The Kier molecular flexibility index (Phi) is 7.38. The van der Waals surface area contributed by atoms with E-state index in [2.05, 4.69) is 26.1 Å². The summed E-state index contributed by atoms with van der Waals surface area (Å²) in [5.41, 5.74) is 5.16. The average Bonchev–Trinajstić information content (AvgIpc) is 3.23. The van der Waals surface area contributed by atoms with Gasteiger partial charge in [0.05, 0.1) is 0 Å². The van der Waals surface area contributed by atoms with Gasteiger partial charge in [0.1, 0.15) is 28.3 Å². The molecule has 2 aromatic heterocycles. The molecule has 10 heteroatoms. The molecule has 2 amide bonds. The summed E-state index contributed by atoms with van der Waals surface area (Å²) < 4.78 is 16.8. The molecule has 1 fully saturated rings. The molecule has 0 atom stereocenters. The largest absolute Gasteiger partial charge is 0.457 e. The highest BCUT2D eigenvalue weighted by molar-refractivity contribution is 5.93. The number of aromatic nitrogens is 2. The van der Waals surface area contributed by atoms with Gasteiger partial charge in [-0.3, -0.25) is 15.2 Å². The molecule has 0 aliphatic heterocycles. The molecule has 186 valence electrons. The summed E-state index contributed by atoms with van der Waals surface area (Å²) in [7, 11) is 0. The van der Waals surface area contributed by atoms with Gasteiger partial charge in [-0.05, 0) is 57.7 Å². The maximum absolute atomic E-state index is 12.3. The van der Waals surface area contributed by atoms with Gasteiger partial charge in [-0.15, -0.1) is 0 Å². The molecular formula is C25H31N5O5. The number of hydrazine groups is 1. The number of rotatable bonds is 6. The minimum Gasteiger partial charge on any atom is -0.457 e. The molecule has 10 nitrogen and oxygen atoms in total. The first kappa shape index (κ1) is 24.3. The zero-order valence-electron chi connectivity index (χ0n) is 20.2. The van der Waals surface area contributed by atoms with Crippen LogP contribution in [0.2, 0.25) is 0 Å². The molecule has 3 N–H and O–H groups in total. The number of nitrogens with zero attached hydrogens (tertiary/aromatic N) is 2. The quantitative estimate of drug-likeness (QED) is 0.411. The van der Waals surface area contributed by atoms with Crippen LogP contribution in [-0.4, -0.2) is 34.1 Å². The van der Waals surface area contributed by atoms with Gasteiger partial charge >= 0.3 is 6.09 Å². The fourth-order valence-electron chi connectivity index (χ4n) is 3.88. The summed E-state index contributed by atoms with van der Waals surface area (Å²) in [4.78, 5) is 32.6. The number of nitrogens with one attached hydrogen (secondary N) is 3. The van der Waals surface area contributed by atoms with E-state index in [4.69, 9.17) is 13.9 Å². The summed E-state index contributed by atoms with van der Waals surface area (Å²) in [5.74, 6) is 0.976. The van der Waals surface area contributed by atoms with Gasteiger partial charge in [0.15, 0.2) is 5.58 Å². The number of fused-ring (bicyclic) bond motifs is 1. The highest BCUT2D eigenvalue weighted by Crippen LogP contribution is 2.28. The monoisotopic (exact) mass is 481 g/mol. The van der Waals surface area contributed by atoms with E-state index < -0.39 is 17.6 Å². The van der Waals surface area contributed by atoms with Crippen LogP contribution in [0.1, 0.15) is 63.4 Å². The second kappa shape index (κ2) is 10.6. The molecule has 0 saturated heterocycles. The van der Waals surface area contributed by atoms with Crippen LogP contribution in [0.25, 0.3) is 11.1 Å². The molecule has 0 spiro atoms. The molecule has 1 aromatic carbocycles. The number of pyridine rings is 1. The predicted molar refractivity (Wildman–Crippen MR) is 130 cm³/mol.